The van der Waals surface area contributed by atoms with E-state index in [4.69, 9.17) is 0 Å². The lowest BCUT2D eigenvalue weighted by Gasteiger charge is -2.21. The molecule has 14 heteroatoms. The maximum absolute atomic E-state index is 14.5. The Hall–Kier alpha value is -3.42. The van der Waals surface area contributed by atoms with Gasteiger partial charge >= 0.3 is 12.1 Å². The van der Waals surface area contributed by atoms with Gasteiger partial charge in [0.25, 0.3) is 5.91 Å². The van der Waals surface area contributed by atoms with E-state index in [1.807, 2.05) is 0 Å². The number of amides is 1. The molecule has 3 aromatic heterocycles. The molecule has 4 aromatic rings. The van der Waals surface area contributed by atoms with Crippen LogP contribution in [0.5, 0.6) is 0 Å². The summed E-state index contributed by atoms with van der Waals surface area (Å²) >= 11 is 3.30. The van der Waals surface area contributed by atoms with Crippen LogP contribution < -0.4 is 0 Å². The molecule has 0 bridgehead atoms. The van der Waals surface area contributed by atoms with E-state index in [0.717, 1.165) is 18.2 Å². The lowest BCUT2D eigenvalue weighted by molar-refractivity contribution is -0.291. The lowest BCUT2D eigenvalue weighted by atomic mass is 10.1. The number of nitrogens with zero attached hydrogens (tertiary/aromatic N) is 6. The highest BCUT2D eigenvalue weighted by Gasteiger charge is 2.60. The second-order valence-electron chi connectivity index (χ2n) is 7.63. The van der Waals surface area contributed by atoms with Gasteiger partial charge < -0.3 is 4.90 Å². The molecule has 7 nitrogen and oxygen atoms in total. The molecule has 0 saturated carbocycles. The molecule has 35 heavy (non-hydrogen) atoms. The molecule has 0 aliphatic carbocycles. The molecule has 0 unspecified atom stereocenters. The van der Waals surface area contributed by atoms with Crippen LogP contribution in [0.25, 0.3) is 16.9 Å². The molecule has 0 saturated heterocycles. The molecule has 0 spiro atoms. The maximum Gasteiger partial charge on any atom is 0.459 e. The summed E-state index contributed by atoms with van der Waals surface area (Å²) in [5, 5.41) is 7.76. The molecular weight excluding hydrogens is 546 g/mol. The Morgan fingerprint density at radius 2 is 1.77 bits per heavy atom. The quantitative estimate of drug-likeness (QED) is 0.324. The number of carbonyl (C=O) groups is 1. The fourth-order valence-electron chi connectivity index (χ4n) is 3.32. The van der Waals surface area contributed by atoms with E-state index < -0.39 is 40.9 Å². The average molecular weight is 561 g/mol. The topological polar surface area (TPSA) is 68.3 Å². The molecule has 184 valence electrons. The molecule has 0 N–H and O–H groups in total. The van der Waals surface area contributed by atoms with Gasteiger partial charge in [-0.2, -0.15) is 32.1 Å². The fraction of sp³-hybridized carbons (Fsp3) is 0.238. The Bertz CT molecular complexity index is 1390. The summed E-state index contributed by atoms with van der Waals surface area (Å²) in [6, 6.07) is 5.93. The maximum atomic E-state index is 14.5. The Morgan fingerprint density at radius 3 is 2.34 bits per heavy atom. The van der Waals surface area contributed by atoms with Crippen LogP contribution in [-0.4, -0.2) is 48.4 Å². The Kier molecular flexibility index (Phi) is 6.11. The molecule has 0 fully saturated rings. The van der Waals surface area contributed by atoms with Gasteiger partial charge in [-0.05, 0) is 46.3 Å². The third-order valence-corrected chi connectivity index (χ3v) is 5.87. The molecule has 0 atom stereocenters. The number of alkyl halides is 5. The summed E-state index contributed by atoms with van der Waals surface area (Å²) in [5.74, 6) is -6.69. The number of aromatic nitrogens is 5. The van der Waals surface area contributed by atoms with Crippen LogP contribution in [-0.2, 0) is 19.5 Å². The second kappa shape index (κ2) is 8.66. The number of hydrogen-bond donors (Lipinski definition) is 0. The summed E-state index contributed by atoms with van der Waals surface area (Å²) < 4.78 is 84.5. The van der Waals surface area contributed by atoms with Gasteiger partial charge in [-0.1, -0.05) is 0 Å². The third kappa shape index (κ3) is 4.49. The Morgan fingerprint density at radius 1 is 1.11 bits per heavy atom. The molecular formula is C21H15BrF6N6O. The zero-order valence-electron chi connectivity index (χ0n) is 18.0. The fourth-order valence-corrected chi connectivity index (χ4v) is 3.80. The van der Waals surface area contributed by atoms with Crippen LogP contribution in [0.2, 0.25) is 0 Å². The molecule has 1 amide bonds. The van der Waals surface area contributed by atoms with Crippen molar-refractivity contribution in [3.63, 3.8) is 0 Å². The molecule has 0 radical (unpaired) electrons. The minimum atomic E-state index is -5.94. The van der Waals surface area contributed by atoms with Gasteiger partial charge in [0.05, 0.1) is 28.6 Å². The first-order valence-corrected chi connectivity index (χ1v) is 10.6. The molecule has 4 rings (SSSR count). The van der Waals surface area contributed by atoms with Gasteiger partial charge in [0.1, 0.15) is 11.5 Å². The molecule has 0 aliphatic rings. The zero-order chi connectivity index (χ0) is 25.7. The Labute approximate surface area is 202 Å². The smallest absolute Gasteiger partial charge is 0.334 e. The Balaban J connectivity index is 1.82. The summed E-state index contributed by atoms with van der Waals surface area (Å²) in [6.45, 7) is 0.0453. The lowest BCUT2D eigenvalue weighted by Crippen LogP contribution is -2.36. The van der Waals surface area contributed by atoms with Gasteiger partial charge in [-0.25, -0.2) is 13.9 Å². The second-order valence-corrected chi connectivity index (χ2v) is 8.48. The summed E-state index contributed by atoms with van der Waals surface area (Å²) in [4.78, 5) is 18.2. The van der Waals surface area contributed by atoms with E-state index in [1.54, 1.807) is 7.05 Å². The number of halogens is 7. The third-order valence-electron chi connectivity index (χ3n) is 5.21. The van der Waals surface area contributed by atoms with Crippen molar-refractivity contribution in [1.29, 1.82) is 0 Å². The van der Waals surface area contributed by atoms with Crippen molar-refractivity contribution in [2.24, 2.45) is 7.05 Å². The normalized spacial score (nSPS) is 12.4. The molecule has 1 aromatic carbocycles. The minimum absolute atomic E-state index is 0.0453. The highest BCUT2D eigenvalue weighted by molar-refractivity contribution is 9.10. The van der Waals surface area contributed by atoms with E-state index in [-0.39, 0.29) is 17.8 Å². The van der Waals surface area contributed by atoms with E-state index in [1.165, 1.54) is 35.0 Å². The predicted octanol–water partition coefficient (Wildman–Crippen LogP) is 4.96. The van der Waals surface area contributed by atoms with E-state index in [9.17, 15) is 31.1 Å². The first-order chi connectivity index (χ1) is 16.3. The standard InChI is InChI=1S/C21H15BrF6N6O/c1-32(10-16-13(22)9-29-33(16)2)19(35)15-8-18-30-14(11-3-5-12(23)6-4-11)7-17(34(18)31-15)20(24,25)21(26,27)28/h3-9H,10H2,1-2H3. The van der Waals surface area contributed by atoms with Crippen molar-refractivity contribution in [1.82, 2.24) is 29.3 Å². The summed E-state index contributed by atoms with van der Waals surface area (Å²) in [5.41, 5.74) is -1.91. The number of carbonyl (C=O) groups excluding carboxylic acids is 1. The highest BCUT2D eigenvalue weighted by atomic mass is 79.9. The number of rotatable bonds is 5. The number of hydrogen-bond acceptors (Lipinski definition) is 4. The zero-order valence-corrected chi connectivity index (χ0v) is 19.6. The number of benzene rings is 1. The van der Waals surface area contributed by atoms with Crippen molar-refractivity contribution in [2.75, 3.05) is 7.05 Å². The van der Waals surface area contributed by atoms with Crippen LogP contribution in [0.4, 0.5) is 26.3 Å². The predicted molar refractivity (Wildman–Crippen MR) is 115 cm³/mol. The number of fused-ring (bicyclic) bond motifs is 1. The van der Waals surface area contributed by atoms with Crippen molar-refractivity contribution in [3.8, 4) is 11.3 Å². The van der Waals surface area contributed by atoms with Crippen LogP contribution in [0.3, 0.4) is 0 Å². The first-order valence-electron chi connectivity index (χ1n) is 9.83. The van der Waals surface area contributed by atoms with Crippen molar-refractivity contribution >= 4 is 27.5 Å². The van der Waals surface area contributed by atoms with Gasteiger partial charge in [-0.3, -0.25) is 9.48 Å². The highest BCUT2D eigenvalue weighted by Crippen LogP contribution is 2.44. The van der Waals surface area contributed by atoms with E-state index in [2.05, 4.69) is 31.1 Å². The summed E-state index contributed by atoms with van der Waals surface area (Å²) in [7, 11) is 3.06. The van der Waals surface area contributed by atoms with Crippen LogP contribution in [0.1, 0.15) is 21.9 Å². The van der Waals surface area contributed by atoms with E-state index >= 15 is 0 Å². The summed E-state index contributed by atoms with van der Waals surface area (Å²) in [6.07, 6.45) is -4.43. The van der Waals surface area contributed by atoms with Gasteiger partial charge in [-0.15, -0.1) is 0 Å². The average Bonchev–Trinajstić information content (AvgIpc) is 3.36. The van der Waals surface area contributed by atoms with Crippen molar-refractivity contribution in [2.45, 2.75) is 18.6 Å². The number of aryl methyl sites for hydroxylation is 1. The van der Waals surface area contributed by atoms with Crippen LogP contribution in [0, 0.1) is 5.82 Å². The minimum Gasteiger partial charge on any atom is -0.334 e. The SMILES string of the molecule is CN(Cc1c(Br)cnn1C)C(=O)c1cc2nc(-c3ccc(F)cc3)cc(C(F)(F)C(F)(F)F)n2n1. The monoisotopic (exact) mass is 560 g/mol. The van der Waals surface area contributed by atoms with Crippen LogP contribution in [0.15, 0.2) is 47.1 Å². The van der Waals surface area contributed by atoms with Crippen molar-refractivity contribution < 1.29 is 31.1 Å². The van der Waals surface area contributed by atoms with E-state index in [0.29, 0.717) is 20.7 Å². The van der Waals surface area contributed by atoms with Gasteiger partial charge in [0.2, 0.25) is 0 Å². The molecule has 0 aliphatic heterocycles. The van der Waals surface area contributed by atoms with Gasteiger partial charge in [0.15, 0.2) is 11.3 Å². The largest absolute Gasteiger partial charge is 0.459 e. The van der Waals surface area contributed by atoms with Crippen molar-refractivity contribution in [3.05, 3.63) is 70.0 Å². The first kappa shape index (κ1) is 24.7. The van der Waals surface area contributed by atoms with Crippen LogP contribution >= 0.6 is 15.9 Å². The van der Waals surface area contributed by atoms with Gasteiger partial charge in [0, 0.05) is 25.7 Å². The molecule has 3 heterocycles.